The summed E-state index contributed by atoms with van der Waals surface area (Å²) in [6.07, 6.45) is 2.67. The highest BCUT2D eigenvalue weighted by molar-refractivity contribution is 5.79. The number of ether oxygens (including phenoxy) is 2. The summed E-state index contributed by atoms with van der Waals surface area (Å²) >= 11 is 0. The quantitative estimate of drug-likeness (QED) is 0.710. The van der Waals surface area contributed by atoms with Crippen molar-refractivity contribution >= 4 is 10.9 Å². The minimum atomic E-state index is 0.651. The zero-order valence-corrected chi connectivity index (χ0v) is 12.0. The number of nitrogens with zero attached hydrogens (tertiary/aromatic N) is 1. The molecule has 0 aliphatic rings. The average Bonchev–Trinajstić information content (AvgIpc) is 2.55. The van der Waals surface area contributed by atoms with Crippen LogP contribution >= 0.6 is 0 Å². The first-order valence-corrected chi connectivity index (χ1v) is 6.96. The Hall–Kier alpha value is -2.55. The third kappa shape index (κ3) is 3.31. The number of methoxy groups -OCH3 is 1. The molecule has 0 radical (unpaired) electrons. The van der Waals surface area contributed by atoms with Gasteiger partial charge in [0, 0.05) is 18.0 Å². The van der Waals surface area contributed by atoms with Crippen LogP contribution in [0.15, 0.2) is 60.8 Å². The minimum Gasteiger partial charge on any atom is -0.497 e. The standard InChI is InChI=1S/C18H17NO2/c1-20-16-6-4-14(5-7-16)10-12-21-17-8-9-18-15(13-17)3-2-11-19-18/h2-9,11,13H,10,12H2,1H3. The molecule has 0 aliphatic heterocycles. The van der Waals surface area contributed by atoms with Crippen molar-refractivity contribution in [1.82, 2.24) is 4.98 Å². The van der Waals surface area contributed by atoms with Crippen molar-refractivity contribution in [3.63, 3.8) is 0 Å². The monoisotopic (exact) mass is 279 g/mol. The molecule has 21 heavy (non-hydrogen) atoms. The van der Waals surface area contributed by atoms with E-state index in [0.717, 1.165) is 28.8 Å². The Morgan fingerprint density at radius 1 is 0.952 bits per heavy atom. The smallest absolute Gasteiger partial charge is 0.120 e. The van der Waals surface area contributed by atoms with Gasteiger partial charge in [-0.1, -0.05) is 18.2 Å². The number of pyridine rings is 1. The first-order chi connectivity index (χ1) is 10.3. The van der Waals surface area contributed by atoms with E-state index in [0.29, 0.717) is 6.61 Å². The third-order valence-corrected chi connectivity index (χ3v) is 3.39. The molecule has 3 heteroatoms. The highest BCUT2D eigenvalue weighted by Gasteiger charge is 1.99. The Labute approximate surface area is 124 Å². The second-order valence-corrected chi connectivity index (χ2v) is 4.80. The predicted molar refractivity (Wildman–Crippen MR) is 83.9 cm³/mol. The lowest BCUT2D eigenvalue weighted by Gasteiger charge is -2.07. The SMILES string of the molecule is COc1ccc(CCOc2ccc3ncccc3c2)cc1. The van der Waals surface area contributed by atoms with Crippen molar-refractivity contribution in [2.75, 3.05) is 13.7 Å². The molecule has 0 aliphatic carbocycles. The first-order valence-electron chi connectivity index (χ1n) is 6.96. The molecular formula is C18H17NO2. The topological polar surface area (TPSA) is 31.4 Å². The van der Waals surface area contributed by atoms with Crippen LogP contribution in [0.1, 0.15) is 5.56 Å². The Bertz CT molecular complexity index is 723. The Morgan fingerprint density at radius 3 is 2.57 bits per heavy atom. The van der Waals surface area contributed by atoms with Crippen LogP contribution in [0, 0.1) is 0 Å². The lowest BCUT2D eigenvalue weighted by atomic mass is 10.1. The maximum Gasteiger partial charge on any atom is 0.120 e. The van der Waals surface area contributed by atoms with Gasteiger partial charge < -0.3 is 9.47 Å². The van der Waals surface area contributed by atoms with Gasteiger partial charge in [0.15, 0.2) is 0 Å². The number of rotatable bonds is 5. The van der Waals surface area contributed by atoms with Crippen molar-refractivity contribution in [3.8, 4) is 11.5 Å². The summed E-state index contributed by atoms with van der Waals surface area (Å²) in [6, 6.07) is 18.0. The first kappa shape index (κ1) is 13.4. The van der Waals surface area contributed by atoms with Crippen molar-refractivity contribution in [3.05, 3.63) is 66.4 Å². The Morgan fingerprint density at radius 2 is 1.76 bits per heavy atom. The van der Waals surface area contributed by atoms with E-state index in [1.807, 2.05) is 42.5 Å². The largest absolute Gasteiger partial charge is 0.497 e. The van der Waals surface area contributed by atoms with Crippen molar-refractivity contribution < 1.29 is 9.47 Å². The van der Waals surface area contributed by atoms with Gasteiger partial charge >= 0.3 is 0 Å². The highest BCUT2D eigenvalue weighted by Crippen LogP contribution is 2.19. The van der Waals surface area contributed by atoms with Gasteiger partial charge in [0.1, 0.15) is 11.5 Å². The molecule has 0 amide bonds. The molecule has 0 unspecified atom stereocenters. The van der Waals surface area contributed by atoms with Crippen LogP contribution in [0.5, 0.6) is 11.5 Å². The molecule has 3 aromatic rings. The molecular weight excluding hydrogens is 262 g/mol. The van der Waals surface area contributed by atoms with Gasteiger partial charge in [-0.2, -0.15) is 0 Å². The second-order valence-electron chi connectivity index (χ2n) is 4.80. The fourth-order valence-electron chi connectivity index (χ4n) is 2.22. The van der Waals surface area contributed by atoms with Crippen molar-refractivity contribution in [1.29, 1.82) is 0 Å². The van der Waals surface area contributed by atoms with Crippen LogP contribution in [0.4, 0.5) is 0 Å². The molecule has 1 heterocycles. The van der Waals surface area contributed by atoms with E-state index in [4.69, 9.17) is 9.47 Å². The molecule has 0 fully saturated rings. The second kappa shape index (κ2) is 6.27. The summed E-state index contributed by atoms with van der Waals surface area (Å²) in [6.45, 7) is 0.651. The maximum absolute atomic E-state index is 5.82. The van der Waals surface area contributed by atoms with E-state index in [1.54, 1.807) is 13.3 Å². The number of aromatic nitrogens is 1. The highest BCUT2D eigenvalue weighted by atomic mass is 16.5. The van der Waals surface area contributed by atoms with Crippen LogP contribution in [0.2, 0.25) is 0 Å². The van der Waals surface area contributed by atoms with Crippen LogP contribution in [0.3, 0.4) is 0 Å². The van der Waals surface area contributed by atoms with Gasteiger partial charge in [-0.3, -0.25) is 4.98 Å². The van der Waals surface area contributed by atoms with Crippen LogP contribution in [-0.2, 0) is 6.42 Å². The molecule has 0 N–H and O–H groups in total. The third-order valence-electron chi connectivity index (χ3n) is 3.39. The fourth-order valence-corrected chi connectivity index (χ4v) is 2.22. The molecule has 3 rings (SSSR count). The van der Waals surface area contributed by atoms with Crippen molar-refractivity contribution in [2.45, 2.75) is 6.42 Å². The van der Waals surface area contributed by atoms with E-state index in [2.05, 4.69) is 17.1 Å². The molecule has 0 saturated heterocycles. The fraction of sp³-hybridized carbons (Fsp3) is 0.167. The van der Waals surface area contributed by atoms with Gasteiger partial charge in [-0.25, -0.2) is 0 Å². The van der Waals surface area contributed by atoms with E-state index in [1.165, 1.54) is 5.56 Å². The van der Waals surface area contributed by atoms with Crippen LogP contribution in [0.25, 0.3) is 10.9 Å². The lowest BCUT2D eigenvalue weighted by Crippen LogP contribution is -2.01. The minimum absolute atomic E-state index is 0.651. The van der Waals surface area contributed by atoms with E-state index in [-0.39, 0.29) is 0 Å². The van der Waals surface area contributed by atoms with Crippen LogP contribution < -0.4 is 9.47 Å². The average molecular weight is 279 g/mol. The molecule has 0 atom stereocenters. The number of hydrogen-bond acceptors (Lipinski definition) is 3. The summed E-state index contributed by atoms with van der Waals surface area (Å²) in [5.74, 6) is 1.76. The predicted octanol–water partition coefficient (Wildman–Crippen LogP) is 3.86. The van der Waals surface area contributed by atoms with Gasteiger partial charge in [-0.05, 0) is 42.0 Å². The van der Waals surface area contributed by atoms with Gasteiger partial charge in [0.2, 0.25) is 0 Å². The zero-order valence-electron chi connectivity index (χ0n) is 12.0. The van der Waals surface area contributed by atoms with Gasteiger partial charge in [0.05, 0.1) is 19.2 Å². The summed E-state index contributed by atoms with van der Waals surface area (Å²) in [5.41, 5.74) is 2.22. The number of fused-ring (bicyclic) bond motifs is 1. The van der Waals surface area contributed by atoms with Gasteiger partial charge in [0.25, 0.3) is 0 Å². The summed E-state index contributed by atoms with van der Waals surface area (Å²) < 4.78 is 11.0. The molecule has 106 valence electrons. The van der Waals surface area contributed by atoms with E-state index >= 15 is 0 Å². The van der Waals surface area contributed by atoms with Crippen molar-refractivity contribution in [2.24, 2.45) is 0 Å². The Balaban J connectivity index is 1.60. The van der Waals surface area contributed by atoms with Crippen LogP contribution in [-0.4, -0.2) is 18.7 Å². The summed E-state index contributed by atoms with van der Waals surface area (Å²) in [4.78, 5) is 4.30. The molecule has 2 aromatic carbocycles. The normalized spacial score (nSPS) is 10.5. The maximum atomic E-state index is 5.82. The zero-order chi connectivity index (χ0) is 14.5. The van der Waals surface area contributed by atoms with Gasteiger partial charge in [-0.15, -0.1) is 0 Å². The Kier molecular flexibility index (Phi) is 4.01. The molecule has 0 spiro atoms. The van der Waals surface area contributed by atoms with E-state index in [9.17, 15) is 0 Å². The van der Waals surface area contributed by atoms with E-state index < -0.39 is 0 Å². The number of benzene rings is 2. The molecule has 0 bridgehead atoms. The summed E-state index contributed by atoms with van der Waals surface area (Å²) in [7, 11) is 1.67. The summed E-state index contributed by atoms with van der Waals surface area (Å²) in [5, 5.41) is 1.10. The molecule has 3 nitrogen and oxygen atoms in total. The molecule has 0 saturated carbocycles. The lowest BCUT2D eigenvalue weighted by molar-refractivity contribution is 0.322. The molecule has 1 aromatic heterocycles. The number of hydrogen-bond donors (Lipinski definition) is 0.